The van der Waals surface area contributed by atoms with Crippen LogP contribution in [0.25, 0.3) is 6.08 Å². The first-order valence-corrected chi connectivity index (χ1v) is 8.63. The van der Waals surface area contributed by atoms with Gasteiger partial charge in [0.1, 0.15) is 10.1 Å². The molecule has 0 aromatic heterocycles. The Hall–Kier alpha value is -1.89. The van der Waals surface area contributed by atoms with E-state index in [1.807, 2.05) is 12.1 Å². The molecule has 0 saturated carbocycles. The van der Waals surface area contributed by atoms with Crippen LogP contribution in [0.15, 0.2) is 53.4 Å². The quantitative estimate of drug-likeness (QED) is 0.614. The van der Waals surface area contributed by atoms with E-state index in [1.54, 1.807) is 30.3 Å². The number of thioether (sulfide) groups is 1. The lowest BCUT2D eigenvalue weighted by molar-refractivity contribution is -0.121. The molecular formula is C17H12ClFN2OS2. The van der Waals surface area contributed by atoms with Crippen LogP contribution in [0.5, 0.6) is 0 Å². The molecule has 1 amide bonds. The van der Waals surface area contributed by atoms with Crippen molar-refractivity contribution in [1.82, 2.24) is 4.90 Å². The number of amides is 1. The molecule has 0 unspecified atom stereocenters. The van der Waals surface area contributed by atoms with Crippen molar-refractivity contribution in [2.45, 2.75) is 0 Å². The van der Waals surface area contributed by atoms with Crippen LogP contribution in [0, 0.1) is 5.82 Å². The Morgan fingerprint density at radius 2 is 2.04 bits per heavy atom. The van der Waals surface area contributed by atoms with Crippen LogP contribution < -0.4 is 5.32 Å². The van der Waals surface area contributed by atoms with Gasteiger partial charge in [0.25, 0.3) is 5.91 Å². The topological polar surface area (TPSA) is 32.3 Å². The Morgan fingerprint density at radius 3 is 2.79 bits per heavy atom. The maximum absolute atomic E-state index is 13.3. The standard InChI is InChI=1S/C17H12ClFN2OS2/c18-12-4-2-6-14(9-12)20-10-21-16(22)15(24-17(21)23)8-11-3-1-5-13(19)7-11/h1-9,20H,10H2/b15-8+. The molecule has 3 rings (SSSR count). The van der Waals surface area contributed by atoms with Crippen molar-refractivity contribution < 1.29 is 9.18 Å². The Morgan fingerprint density at radius 1 is 1.25 bits per heavy atom. The minimum atomic E-state index is -0.346. The number of nitrogens with zero attached hydrogens (tertiary/aromatic N) is 1. The smallest absolute Gasteiger partial charge is 0.267 e. The summed E-state index contributed by atoms with van der Waals surface area (Å²) >= 11 is 12.4. The highest BCUT2D eigenvalue weighted by atomic mass is 35.5. The molecule has 1 aliphatic rings. The third kappa shape index (κ3) is 3.95. The van der Waals surface area contributed by atoms with Crippen LogP contribution in [0.2, 0.25) is 5.02 Å². The first-order valence-electron chi connectivity index (χ1n) is 7.03. The average molecular weight is 379 g/mol. The Kier molecular flexibility index (Phi) is 5.18. The number of rotatable bonds is 4. The van der Waals surface area contributed by atoms with Gasteiger partial charge in [0, 0.05) is 10.7 Å². The van der Waals surface area contributed by atoms with E-state index >= 15 is 0 Å². The van der Waals surface area contributed by atoms with Gasteiger partial charge in [-0.3, -0.25) is 9.69 Å². The number of carbonyl (C=O) groups is 1. The summed E-state index contributed by atoms with van der Waals surface area (Å²) in [6.07, 6.45) is 1.64. The second kappa shape index (κ2) is 7.34. The maximum Gasteiger partial charge on any atom is 0.267 e. The van der Waals surface area contributed by atoms with E-state index in [9.17, 15) is 9.18 Å². The van der Waals surface area contributed by atoms with Crippen molar-refractivity contribution in [3.05, 3.63) is 69.8 Å². The second-order valence-corrected chi connectivity index (χ2v) is 7.12. The monoisotopic (exact) mass is 378 g/mol. The van der Waals surface area contributed by atoms with Gasteiger partial charge in [-0.15, -0.1) is 0 Å². The molecule has 0 spiro atoms. The summed E-state index contributed by atoms with van der Waals surface area (Å²) in [4.78, 5) is 14.4. The number of benzene rings is 2. The van der Waals surface area contributed by atoms with Gasteiger partial charge in [0.2, 0.25) is 0 Å². The molecule has 2 aromatic rings. The number of halogens is 2. The van der Waals surface area contributed by atoms with Gasteiger partial charge in [0.05, 0.1) is 11.6 Å². The molecule has 0 radical (unpaired) electrons. The van der Waals surface area contributed by atoms with E-state index in [0.29, 0.717) is 19.8 Å². The van der Waals surface area contributed by atoms with Crippen molar-refractivity contribution in [2.24, 2.45) is 0 Å². The molecule has 24 heavy (non-hydrogen) atoms. The molecule has 0 bridgehead atoms. The Balaban J connectivity index is 1.72. The summed E-state index contributed by atoms with van der Waals surface area (Å²) in [5.74, 6) is -0.550. The van der Waals surface area contributed by atoms with E-state index in [4.69, 9.17) is 23.8 Å². The molecule has 0 atom stereocenters. The van der Waals surface area contributed by atoms with Crippen LogP contribution in [-0.2, 0) is 4.79 Å². The molecule has 0 aliphatic carbocycles. The maximum atomic E-state index is 13.3. The molecule has 1 saturated heterocycles. The molecule has 1 aliphatic heterocycles. The number of anilines is 1. The third-order valence-electron chi connectivity index (χ3n) is 3.29. The second-order valence-electron chi connectivity index (χ2n) is 5.01. The number of hydrogen-bond acceptors (Lipinski definition) is 4. The summed E-state index contributed by atoms with van der Waals surface area (Å²) in [7, 11) is 0. The lowest BCUT2D eigenvalue weighted by Gasteiger charge is -2.16. The summed E-state index contributed by atoms with van der Waals surface area (Å²) in [6, 6.07) is 13.3. The van der Waals surface area contributed by atoms with Crippen LogP contribution in [0.3, 0.4) is 0 Å². The summed E-state index contributed by atoms with van der Waals surface area (Å²) in [5.41, 5.74) is 1.42. The zero-order valence-corrected chi connectivity index (χ0v) is 14.7. The van der Waals surface area contributed by atoms with E-state index in [1.165, 1.54) is 28.8 Å². The predicted octanol–water partition coefficient (Wildman–Crippen LogP) is 4.75. The van der Waals surface area contributed by atoms with Gasteiger partial charge < -0.3 is 5.32 Å². The lowest BCUT2D eigenvalue weighted by Crippen LogP contribution is -2.33. The molecular weight excluding hydrogens is 367 g/mol. The molecule has 3 nitrogen and oxygen atoms in total. The largest absolute Gasteiger partial charge is 0.367 e. The van der Waals surface area contributed by atoms with Crippen molar-refractivity contribution in [3.8, 4) is 0 Å². The summed E-state index contributed by atoms with van der Waals surface area (Å²) < 4.78 is 13.7. The average Bonchev–Trinajstić information content (AvgIpc) is 2.79. The van der Waals surface area contributed by atoms with Crippen molar-refractivity contribution in [3.63, 3.8) is 0 Å². The molecule has 122 valence electrons. The van der Waals surface area contributed by atoms with Crippen molar-refractivity contribution in [2.75, 3.05) is 12.0 Å². The van der Waals surface area contributed by atoms with Crippen LogP contribution in [-0.4, -0.2) is 21.8 Å². The first kappa shape index (κ1) is 17.0. The van der Waals surface area contributed by atoms with Crippen LogP contribution in [0.1, 0.15) is 5.56 Å². The molecule has 2 aromatic carbocycles. The third-order valence-corrected chi connectivity index (χ3v) is 4.90. The molecule has 1 fully saturated rings. The zero-order valence-electron chi connectivity index (χ0n) is 12.3. The SMILES string of the molecule is O=C1/C(=C\c2cccc(F)c2)SC(=S)N1CNc1cccc(Cl)c1. The highest BCUT2D eigenvalue weighted by Gasteiger charge is 2.31. The zero-order chi connectivity index (χ0) is 17.1. The van der Waals surface area contributed by atoms with Crippen molar-refractivity contribution in [1.29, 1.82) is 0 Å². The Labute approximate surface area is 153 Å². The molecule has 1 N–H and O–H groups in total. The van der Waals surface area contributed by atoms with Crippen LogP contribution in [0.4, 0.5) is 10.1 Å². The van der Waals surface area contributed by atoms with E-state index in [0.717, 1.165) is 5.69 Å². The highest BCUT2D eigenvalue weighted by Crippen LogP contribution is 2.32. The minimum Gasteiger partial charge on any atom is -0.367 e. The number of carbonyl (C=O) groups excluding carboxylic acids is 1. The molecule has 1 heterocycles. The highest BCUT2D eigenvalue weighted by molar-refractivity contribution is 8.26. The van der Waals surface area contributed by atoms with Gasteiger partial charge in [0.15, 0.2) is 0 Å². The number of thiocarbonyl (C=S) groups is 1. The van der Waals surface area contributed by atoms with Crippen LogP contribution >= 0.6 is 35.6 Å². The van der Waals surface area contributed by atoms with E-state index in [-0.39, 0.29) is 18.4 Å². The number of hydrogen-bond donors (Lipinski definition) is 1. The molecule has 7 heteroatoms. The fourth-order valence-electron chi connectivity index (χ4n) is 2.15. The summed E-state index contributed by atoms with van der Waals surface area (Å²) in [6.45, 7) is 0.242. The van der Waals surface area contributed by atoms with Gasteiger partial charge in [-0.05, 0) is 42.0 Å². The van der Waals surface area contributed by atoms with Gasteiger partial charge in [-0.1, -0.05) is 53.8 Å². The van der Waals surface area contributed by atoms with Gasteiger partial charge >= 0.3 is 0 Å². The predicted molar refractivity (Wildman–Crippen MR) is 101 cm³/mol. The van der Waals surface area contributed by atoms with E-state index < -0.39 is 0 Å². The van der Waals surface area contributed by atoms with E-state index in [2.05, 4.69) is 5.32 Å². The van der Waals surface area contributed by atoms with Gasteiger partial charge in [-0.25, -0.2) is 4.39 Å². The first-order chi connectivity index (χ1) is 11.5. The number of nitrogens with one attached hydrogen (secondary N) is 1. The summed E-state index contributed by atoms with van der Waals surface area (Å²) in [5, 5.41) is 3.72. The fraction of sp³-hybridized carbons (Fsp3) is 0.0588. The van der Waals surface area contributed by atoms with Gasteiger partial charge in [-0.2, -0.15) is 0 Å². The van der Waals surface area contributed by atoms with Crippen molar-refractivity contribution >= 4 is 57.6 Å². The normalized spacial score (nSPS) is 16.1. The lowest BCUT2D eigenvalue weighted by atomic mass is 10.2. The minimum absolute atomic E-state index is 0.205. The Bertz CT molecular complexity index is 841. The fourth-order valence-corrected chi connectivity index (χ4v) is 3.60.